The number of fused-ring (bicyclic) bond motifs is 1. The second kappa shape index (κ2) is 7.69. The first-order valence-corrected chi connectivity index (χ1v) is 9.46. The number of hydrogen-bond donors (Lipinski definition) is 2. The molecule has 2 aromatic carbocycles. The Hall–Kier alpha value is -3.40. The van der Waals surface area contributed by atoms with Crippen LogP contribution in [0.1, 0.15) is 38.9 Å². The smallest absolute Gasteiger partial charge is 0.268 e. The Labute approximate surface area is 164 Å². The molecule has 0 bridgehead atoms. The van der Waals surface area contributed by atoms with E-state index in [1.807, 2.05) is 68.4 Å². The normalized spacial score (nSPS) is 12.1. The highest BCUT2D eigenvalue weighted by Gasteiger charge is 2.20. The van der Waals surface area contributed by atoms with Crippen molar-refractivity contribution < 1.29 is 4.79 Å². The van der Waals surface area contributed by atoms with Gasteiger partial charge in [-0.15, -0.1) is 0 Å². The molecular formula is C24H23N3O. The van der Waals surface area contributed by atoms with E-state index in [9.17, 15) is 4.79 Å². The molecule has 0 aliphatic heterocycles. The van der Waals surface area contributed by atoms with Crippen molar-refractivity contribution in [3.8, 4) is 0 Å². The number of amides is 1. The number of hydrogen-bond acceptors (Lipinski definition) is 2. The van der Waals surface area contributed by atoms with Crippen LogP contribution in [0.15, 0.2) is 72.9 Å². The van der Waals surface area contributed by atoms with Gasteiger partial charge in [-0.05, 0) is 49.1 Å². The molecule has 0 aliphatic rings. The van der Waals surface area contributed by atoms with Crippen LogP contribution < -0.4 is 5.32 Å². The number of aromatic nitrogens is 2. The number of carbonyl (C=O) groups is 1. The van der Waals surface area contributed by atoms with E-state index in [2.05, 4.69) is 27.4 Å². The largest absolute Gasteiger partial charge is 0.350 e. The van der Waals surface area contributed by atoms with Gasteiger partial charge in [-0.2, -0.15) is 0 Å². The van der Waals surface area contributed by atoms with E-state index >= 15 is 0 Å². The van der Waals surface area contributed by atoms with E-state index in [1.165, 1.54) is 0 Å². The van der Waals surface area contributed by atoms with Gasteiger partial charge in [0.2, 0.25) is 0 Å². The molecule has 140 valence electrons. The van der Waals surface area contributed by atoms with Crippen molar-refractivity contribution in [3.63, 3.8) is 0 Å². The Kier molecular flexibility index (Phi) is 4.94. The van der Waals surface area contributed by atoms with Crippen molar-refractivity contribution in [2.24, 2.45) is 0 Å². The number of carbonyl (C=O) groups excluding carboxylic acids is 1. The predicted molar refractivity (Wildman–Crippen MR) is 112 cm³/mol. The number of pyridine rings is 1. The fraction of sp³-hybridized carbons (Fsp3) is 0.167. The lowest BCUT2D eigenvalue weighted by Gasteiger charge is -2.20. The van der Waals surface area contributed by atoms with Crippen LogP contribution in [0.25, 0.3) is 10.9 Å². The maximum absolute atomic E-state index is 13.0. The topological polar surface area (TPSA) is 57.8 Å². The molecule has 0 aliphatic carbocycles. The first-order valence-electron chi connectivity index (χ1n) is 9.46. The summed E-state index contributed by atoms with van der Waals surface area (Å²) in [7, 11) is 0. The van der Waals surface area contributed by atoms with Crippen molar-refractivity contribution in [2.45, 2.75) is 26.3 Å². The highest BCUT2D eigenvalue weighted by Crippen LogP contribution is 2.22. The molecule has 0 fully saturated rings. The van der Waals surface area contributed by atoms with Crippen molar-refractivity contribution in [1.29, 1.82) is 0 Å². The van der Waals surface area contributed by atoms with E-state index in [0.717, 1.165) is 33.3 Å². The quantitative estimate of drug-likeness (QED) is 0.526. The van der Waals surface area contributed by atoms with Crippen molar-refractivity contribution in [3.05, 3.63) is 101 Å². The van der Waals surface area contributed by atoms with Gasteiger partial charge in [-0.1, -0.05) is 54.6 Å². The molecule has 2 heterocycles. The maximum Gasteiger partial charge on any atom is 0.268 e. The van der Waals surface area contributed by atoms with Crippen molar-refractivity contribution >= 4 is 16.8 Å². The number of nitrogens with one attached hydrogen (secondary N) is 2. The summed E-state index contributed by atoms with van der Waals surface area (Å²) in [6, 6.07) is 21.9. The highest BCUT2D eigenvalue weighted by atomic mass is 16.1. The van der Waals surface area contributed by atoms with Gasteiger partial charge in [0, 0.05) is 17.1 Å². The maximum atomic E-state index is 13.0. The molecule has 0 saturated heterocycles. The average molecular weight is 369 g/mol. The van der Waals surface area contributed by atoms with Crippen LogP contribution in [0.2, 0.25) is 0 Å². The number of aryl methyl sites for hydroxylation is 2. The van der Waals surface area contributed by atoms with Crippen molar-refractivity contribution in [1.82, 2.24) is 15.3 Å². The number of nitrogens with zero attached hydrogens (tertiary/aromatic N) is 1. The molecule has 4 nitrogen and oxygen atoms in total. The number of benzene rings is 2. The third kappa shape index (κ3) is 3.67. The first-order chi connectivity index (χ1) is 13.6. The van der Waals surface area contributed by atoms with E-state index in [0.29, 0.717) is 12.1 Å². The standard InChI is InChI=1S/C24H23N3O/c1-16-8-6-12-19-15-21(26-22(16)19)24(28)27-20(14-18-10-4-3-5-11-18)23-17(2)9-7-13-25-23/h3-13,15,20,26H,14H2,1-2H3,(H,27,28). The van der Waals surface area contributed by atoms with Gasteiger partial charge in [0.05, 0.1) is 11.7 Å². The zero-order valence-electron chi connectivity index (χ0n) is 16.1. The summed E-state index contributed by atoms with van der Waals surface area (Å²) in [5.41, 5.74) is 5.81. The lowest BCUT2D eigenvalue weighted by atomic mass is 9.99. The van der Waals surface area contributed by atoms with Crippen LogP contribution in [0.5, 0.6) is 0 Å². The lowest BCUT2D eigenvalue weighted by Crippen LogP contribution is -2.31. The molecular weight excluding hydrogens is 346 g/mol. The molecule has 28 heavy (non-hydrogen) atoms. The number of para-hydroxylation sites is 1. The van der Waals surface area contributed by atoms with Crippen LogP contribution in [-0.2, 0) is 6.42 Å². The second-order valence-corrected chi connectivity index (χ2v) is 7.14. The lowest BCUT2D eigenvalue weighted by molar-refractivity contribution is 0.0931. The Morgan fingerprint density at radius 3 is 2.54 bits per heavy atom. The minimum atomic E-state index is -0.205. The van der Waals surface area contributed by atoms with Gasteiger partial charge >= 0.3 is 0 Å². The van der Waals surface area contributed by atoms with Crippen LogP contribution in [0, 0.1) is 13.8 Å². The van der Waals surface area contributed by atoms with Gasteiger partial charge in [0.15, 0.2) is 0 Å². The Bertz CT molecular complexity index is 1120. The molecule has 1 atom stereocenters. The zero-order chi connectivity index (χ0) is 19.5. The second-order valence-electron chi connectivity index (χ2n) is 7.14. The van der Waals surface area contributed by atoms with E-state index < -0.39 is 0 Å². The summed E-state index contributed by atoms with van der Waals surface area (Å²) in [4.78, 5) is 20.9. The SMILES string of the molecule is Cc1cccnc1C(Cc1ccccc1)NC(=O)c1cc2cccc(C)c2[nH]1. The molecule has 1 amide bonds. The number of rotatable bonds is 5. The Morgan fingerprint density at radius 1 is 1.00 bits per heavy atom. The summed E-state index contributed by atoms with van der Waals surface area (Å²) in [6.45, 7) is 4.06. The predicted octanol–water partition coefficient (Wildman–Crippen LogP) is 4.89. The summed E-state index contributed by atoms with van der Waals surface area (Å²) in [5, 5.41) is 4.23. The van der Waals surface area contributed by atoms with Crippen LogP contribution >= 0.6 is 0 Å². The van der Waals surface area contributed by atoms with E-state index in [-0.39, 0.29) is 11.9 Å². The average Bonchev–Trinajstić information content (AvgIpc) is 3.15. The van der Waals surface area contributed by atoms with Crippen molar-refractivity contribution in [2.75, 3.05) is 0 Å². The summed E-state index contributed by atoms with van der Waals surface area (Å²) >= 11 is 0. The monoisotopic (exact) mass is 369 g/mol. The van der Waals surface area contributed by atoms with Gasteiger partial charge in [0.1, 0.15) is 5.69 Å². The van der Waals surface area contributed by atoms with Crippen LogP contribution in [-0.4, -0.2) is 15.9 Å². The highest BCUT2D eigenvalue weighted by molar-refractivity contribution is 5.98. The van der Waals surface area contributed by atoms with Gasteiger partial charge in [-0.3, -0.25) is 9.78 Å². The molecule has 2 aromatic heterocycles. The molecule has 2 N–H and O–H groups in total. The van der Waals surface area contributed by atoms with Gasteiger partial charge < -0.3 is 10.3 Å². The van der Waals surface area contributed by atoms with E-state index in [4.69, 9.17) is 0 Å². The van der Waals surface area contributed by atoms with E-state index in [1.54, 1.807) is 6.20 Å². The fourth-order valence-electron chi connectivity index (χ4n) is 3.59. The van der Waals surface area contributed by atoms with Crippen LogP contribution in [0.3, 0.4) is 0 Å². The Balaban J connectivity index is 1.65. The molecule has 4 heteroatoms. The van der Waals surface area contributed by atoms with Gasteiger partial charge in [-0.25, -0.2) is 0 Å². The number of aromatic amines is 1. The van der Waals surface area contributed by atoms with Crippen LogP contribution in [0.4, 0.5) is 0 Å². The zero-order valence-corrected chi connectivity index (χ0v) is 16.1. The molecule has 0 radical (unpaired) electrons. The molecule has 4 aromatic rings. The van der Waals surface area contributed by atoms with Gasteiger partial charge in [0.25, 0.3) is 5.91 Å². The summed E-state index contributed by atoms with van der Waals surface area (Å²) in [6.07, 6.45) is 2.46. The molecule has 1 unspecified atom stereocenters. The molecule has 0 spiro atoms. The minimum Gasteiger partial charge on any atom is -0.350 e. The first kappa shape index (κ1) is 18.0. The Morgan fingerprint density at radius 2 is 1.79 bits per heavy atom. The minimum absolute atomic E-state index is 0.124. The molecule has 4 rings (SSSR count). The third-order valence-corrected chi connectivity index (χ3v) is 5.08. The summed E-state index contributed by atoms with van der Waals surface area (Å²) < 4.78 is 0. The third-order valence-electron chi connectivity index (χ3n) is 5.08. The molecule has 0 saturated carbocycles. The number of H-pyrrole nitrogens is 1. The fourth-order valence-corrected chi connectivity index (χ4v) is 3.59. The summed E-state index contributed by atoms with van der Waals surface area (Å²) in [5.74, 6) is -0.124.